The van der Waals surface area contributed by atoms with Gasteiger partial charge in [0.1, 0.15) is 0 Å². The molecule has 6 heteroatoms. The molecule has 5 nitrogen and oxygen atoms in total. The van der Waals surface area contributed by atoms with Crippen LogP contribution in [0.25, 0.3) is 5.65 Å². The lowest BCUT2D eigenvalue weighted by atomic mass is 10.2. The summed E-state index contributed by atoms with van der Waals surface area (Å²) in [7, 11) is 0. The molecule has 2 aromatic heterocycles. The van der Waals surface area contributed by atoms with Crippen LogP contribution in [0.3, 0.4) is 0 Å². The fraction of sp³-hybridized carbons (Fsp3) is 0.500. The van der Waals surface area contributed by atoms with Crippen LogP contribution in [-0.2, 0) is 0 Å². The predicted octanol–water partition coefficient (Wildman–Crippen LogP) is 2.05. The summed E-state index contributed by atoms with van der Waals surface area (Å²) < 4.78 is 2.78. The molecule has 1 aliphatic heterocycles. The normalized spacial score (nSPS) is 19.5. The van der Waals surface area contributed by atoms with Crippen molar-refractivity contribution in [2.75, 3.05) is 18.4 Å². The number of hydrogen-bond donors (Lipinski definition) is 2. The number of anilines is 1. The summed E-state index contributed by atoms with van der Waals surface area (Å²) in [6.07, 6.45) is 5.61. The number of halogens is 1. The molecule has 1 aliphatic rings. The SMILES string of the molecule is Brc1ccc2nc(NCC[C@@H]3CCCN3)nn2c1. The Balaban J connectivity index is 1.60. The van der Waals surface area contributed by atoms with Crippen molar-refractivity contribution in [3.05, 3.63) is 22.8 Å². The Kier molecular flexibility index (Phi) is 3.47. The average Bonchev–Trinajstić information content (AvgIpc) is 2.97. The number of pyridine rings is 1. The zero-order valence-electron chi connectivity index (χ0n) is 10.1. The van der Waals surface area contributed by atoms with Crippen molar-refractivity contribution < 1.29 is 0 Å². The van der Waals surface area contributed by atoms with E-state index in [1.807, 2.05) is 18.3 Å². The van der Waals surface area contributed by atoms with Crippen molar-refractivity contribution in [1.29, 1.82) is 0 Å². The van der Waals surface area contributed by atoms with Gasteiger partial charge in [0, 0.05) is 23.3 Å². The van der Waals surface area contributed by atoms with Crippen molar-refractivity contribution in [1.82, 2.24) is 19.9 Å². The van der Waals surface area contributed by atoms with Gasteiger partial charge in [0.2, 0.25) is 5.95 Å². The van der Waals surface area contributed by atoms with Crippen LogP contribution in [0, 0.1) is 0 Å². The average molecular weight is 310 g/mol. The van der Waals surface area contributed by atoms with E-state index >= 15 is 0 Å². The van der Waals surface area contributed by atoms with Crippen LogP contribution in [0.4, 0.5) is 5.95 Å². The molecule has 2 N–H and O–H groups in total. The zero-order chi connectivity index (χ0) is 12.4. The van der Waals surface area contributed by atoms with E-state index in [0.717, 1.165) is 29.6 Å². The Labute approximate surface area is 114 Å². The Hall–Kier alpha value is -1.14. The van der Waals surface area contributed by atoms with Crippen molar-refractivity contribution in [2.24, 2.45) is 0 Å². The molecule has 3 heterocycles. The van der Waals surface area contributed by atoms with Gasteiger partial charge < -0.3 is 10.6 Å². The van der Waals surface area contributed by atoms with Crippen LogP contribution in [0.15, 0.2) is 22.8 Å². The van der Waals surface area contributed by atoms with E-state index in [-0.39, 0.29) is 0 Å². The van der Waals surface area contributed by atoms with Crippen LogP contribution in [0.2, 0.25) is 0 Å². The first-order valence-electron chi connectivity index (χ1n) is 6.30. The molecule has 0 bridgehead atoms. The van der Waals surface area contributed by atoms with Crippen LogP contribution < -0.4 is 10.6 Å². The highest BCUT2D eigenvalue weighted by Gasteiger charge is 2.13. The molecule has 0 unspecified atom stereocenters. The van der Waals surface area contributed by atoms with Gasteiger partial charge in [-0.15, -0.1) is 5.10 Å². The minimum Gasteiger partial charge on any atom is -0.353 e. The second-order valence-corrected chi connectivity index (χ2v) is 5.51. The van der Waals surface area contributed by atoms with E-state index in [1.165, 1.54) is 12.8 Å². The van der Waals surface area contributed by atoms with E-state index in [1.54, 1.807) is 4.52 Å². The molecule has 2 aromatic rings. The third kappa shape index (κ3) is 2.64. The van der Waals surface area contributed by atoms with Gasteiger partial charge in [0.25, 0.3) is 0 Å². The molecule has 0 spiro atoms. The fourth-order valence-corrected chi connectivity index (χ4v) is 2.62. The lowest BCUT2D eigenvalue weighted by molar-refractivity contribution is 0.573. The smallest absolute Gasteiger partial charge is 0.243 e. The first-order valence-corrected chi connectivity index (χ1v) is 7.10. The summed E-state index contributed by atoms with van der Waals surface area (Å²) >= 11 is 3.42. The third-order valence-electron chi connectivity index (χ3n) is 3.23. The van der Waals surface area contributed by atoms with Crippen molar-refractivity contribution in [3.8, 4) is 0 Å². The number of aromatic nitrogens is 3. The predicted molar refractivity (Wildman–Crippen MR) is 74.8 cm³/mol. The third-order valence-corrected chi connectivity index (χ3v) is 3.70. The molecule has 0 radical (unpaired) electrons. The molecule has 1 atom stereocenters. The molecule has 96 valence electrons. The molecule has 3 rings (SSSR count). The molecule has 1 fully saturated rings. The fourth-order valence-electron chi connectivity index (χ4n) is 2.29. The summed E-state index contributed by atoms with van der Waals surface area (Å²) in [4.78, 5) is 4.42. The standard InChI is InChI=1S/C12H16BrN5/c13-9-3-4-11-16-12(17-18(11)8-9)15-7-5-10-2-1-6-14-10/h3-4,8,10,14H,1-2,5-7H2,(H,15,17)/t10-/m0/s1. The minimum atomic E-state index is 0.656. The number of hydrogen-bond acceptors (Lipinski definition) is 4. The van der Waals surface area contributed by atoms with E-state index in [0.29, 0.717) is 12.0 Å². The number of nitrogens with zero attached hydrogens (tertiary/aromatic N) is 3. The van der Waals surface area contributed by atoms with E-state index in [2.05, 4.69) is 36.6 Å². The molecule has 0 saturated carbocycles. The van der Waals surface area contributed by atoms with Gasteiger partial charge in [-0.1, -0.05) is 0 Å². The van der Waals surface area contributed by atoms with Gasteiger partial charge in [-0.05, 0) is 53.9 Å². The van der Waals surface area contributed by atoms with Crippen LogP contribution in [0.5, 0.6) is 0 Å². The molecule has 1 saturated heterocycles. The first-order chi connectivity index (χ1) is 8.81. The van der Waals surface area contributed by atoms with Gasteiger partial charge in [0.15, 0.2) is 5.65 Å². The lowest BCUT2D eigenvalue weighted by Crippen LogP contribution is -2.24. The maximum Gasteiger partial charge on any atom is 0.243 e. The molecular weight excluding hydrogens is 294 g/mol. The monoisotopic (exact) mass is 309 g/mol. The summed E-state index contributed by atoms with van der Waals surface area (Å²) in [5.41, 5.74) is 0.861. The van der Waals surface area contributed by atoms with Gasteiger partial charge in [0.05, 0.1) is 0 Å². The summed E-state index contributed by atoms with van der Waals surface area (Å²) in [6.45, 7) is 2.07. The second kappa shape index (κ2) is 5.24. The summed E-state index contributed by atoms with van der Waals surface area (Å²) in [6, 6.07) is 4.57. The van der Waals surface area contributed by atoms with Crippen molar-refractivity contribution in [3.63, 3.8) is 0 Å². The highest BCUT2D eigenvalue weighted by molar-refractivity contribution is 9.10. The summed E-state index contributed by atoms with van der Waals surface area (Å²) in [5.74, 6) is 0.700. The molecule has 0 aromatic carbocycles. The Morgan fingerprint density at radius 1 is 1.50 bits per heavy atom. The van der Waals surface area contributed by atoms with Crippen LogP contribution in [-0.4, -0.2) is 33.7 Å². The maximum absolute atomic E-state index is 4.42. The highest BCUT2D eigenvalue weighted by atomic mass is 79.9. The maximum atomic E-state index is 4.42. The minimum absolute atomic E-state index is 0.656. The van der Waals surface area contributed by atoms with Crippen molar-refractivity contribution in [2.45, 2.75) is 25.3 Å². The van der Waals surface area contributed by atoms with Crippen LogP contribution >= 0.6 is 15.9 Å². The Morgan fingerprint density at radius 2 is 2.44 bits per heavy atom. The van der Waals surface area contributed by atoms with E-state index < -0.39 is 0 Å². The first kappa shape index (κ1) is 11.9. The zero-order valence-corrected chi connectivity index (χ0v) is 11.7. The highest BCUT2D eigenvalue weighted by Crippen LogP contribution is 2.13. The van der Waals surface area contributed by atoms with Gasteiger partial charge in [-0.3, -0.25) is 0 Å². The number of fused-ring (bicyclic) bond motifs is 1. The molecular formula is C12H16BrN5. The van der Waals surface area contributed by atoms with Crippen molar-refractivity contribution >= 4 is 27.5 Å². The quantitative estimate of drug-likeness (QED) is 0.907. The van der Waals surface area contributed by atoms with Gasteiger partial charge in [-0.2, -0.15) is 4.98 Å². The Bertz CT molecular complexity index is 532. The number of nitrogens with one attached hydrogen (secondary N) is 2. The topological polar surface area (TPSA) is 54.2 Å². The van der Waals surface area contributed by atoms with Crippen LogP contribution in [0.1, 0.15) is 19.3 Å². The van der Waals surface area contributed by atoms with E-state index in [4.69, 9.17) is 0 Å². The van der Waals surface area contributed by atoms with Gasteiger partial charge in [-0.25, -0.2) is 4.52 Å². The number of rotatable bonds is 4. The molecule has 0 aliphatic carbocycles. The second-order valence-electron chi connectivity index (χ2n) is 4.59. The molecule has 18 heavy (non-hydrogen) atoms. The van der Waals surface area contributed by atoms with E-state index in [9.17, 15) is 0 Å². The van der Waals surface area contributed by atoms with Gasteiger partial charge >= 0.3 is 0 Å². The Morgan fingerprint density at radius 3 is 3.28 bits per heavy atom. The molecule has 0 amide bonds. The summed E-state index contributed by atoms with van der Waals surface area (Å²) in [5, 5.41) is 11.1. The largest absolute Gasteiger partial charge is 0.353 e. The lowest BCUT2D eigenvalue weighted by Gasteiger charge is -2.09.